The Kier molecular flexibility index (Phi) is 76.3. The van der Waals surface area contributed by atoms with Crippen molar-refractivity contribution in [1.29, 1.82) is 0 Å². The monoisotopic (exact) mass is 1520 g/mol. The van der Waals surface area contributed by atoms with E-state index in [2.05, 4.69) is 34.6 Å². The number of aliphatic hydroxyl groups is 1. The van der Waals surface area contributed by atoms with Crippen LogP contribution >= 0.6 is 15.6 Å². The van der Waals surface area contributed by atoms with Gasteiger partial charge in [-0.1, -0.05) is 407 Å². The molecular formula is C85H166O17P2. The van der Waals surface area contributed by atoms with Crippen molar-refractivity contribution in [3.63, 3.8) is 0 Å². The van der Waals surface area contributed by atoms with E-state index in [-0.39, 0.29) is 25.7 Å². The number of phosphoric acid groups is 2. The summed E-state index contributed by atoms with van der Waals surface area (Å²) in [5.41, 5.74) is 0. The first-order chi connectivity index (χ1) is 50.5. The lowest BCUT2D eigenvalue weighted by molar-refractivity contribution is -0.161. The second kappa shape index (κ2) is 77.8. The number of hydrogen-bond acceptors (Lipinski definition) is 15. The Hall–Kier alpha value is -1.94. The molecular weight excluding hydrogens is 1350 g/mol. The molecule has 104 heavy (non-hydrogen) atoms. The molecule has 0 aromatic carbocycles. The van der Waals surface area contributed by atoms with E-state index in [1.165, 1.54) is 276 Å². The largest absolute Gasteiger partial charge is 0.472 e. The molecule has 0 spiro atoms. The maximum absolute atomic E-state index is 13.1. The van der Waals surface area contributed by atoms with Gasteiger partial charge in [0.15, 0.2) is 12.2 Å². The molecule has 5 atom stereocenters. The number of aliphatic hydroxyl groups excluding tert-OH is 1. The van der Waals surface area contributed by atoms with Gasteiger partial charge in [0.2, 0.25) is 0 Å². The van der Waals surface area contributed by atoms with E-state index in [0.29, 0.717) is 25.7 Å². The summed E-state index contributed by atoms with van der Waals surface area (Å²) in [6.45, 7) is 7.33. The minimum absolute atomic E-state index is 0.107. The van der Waals surface area contributed by atoms with Gasteiger partial charge >= 0.3 is 39.5 Å². The zero-order valence-corrected chi connectivity index (χ0v) is 70.0. The fourth-order valence-electron chi connectivity index (χ4n) is 13.3. The van der Waals surface area contributed by atoms with E-state index in [4.69, 9.17) is 37.0 Å². The Labute approximate surface area is 638 Å². The molecule has 0 rings (SSSR count). The Morgan fingerprint density at radius 1 is 0.260 bits per heavy atom. The first-order valence-corrected chi connectivity index (χ1v) is 47.1. The smallest absolute Gasteiger partial charge is 0.462 e. The maximum Gasteiger partial charge on any atom is 0.472 e. The Morgan fingerprint density at radius 2 is 0.442 bits per heavy atom. The minimum Gasteiger partial charge on any atom is -0.462 e. The molecule has 0 aliphatic rings. The first kappa shape index (κ1) is 102. The van der Waals surface area contributed by atoms with Crippen LogP contribution in [0.25, 0.3) is 0 Å². The van der Waals surface area contributed by atoms with Crippen molar-refractivity contribution in [3.05, 3.63) is 0 Å². The van der Waals surface area contributed by atoms with E-state index >= 15 is 0 Å². The summed E-state index contributed by atoms with van der Waals surface area (Å²) in [5, 5.41) is 10.7. The van der Waals surface area contributed by atoms with Gasteiger partial charge in [0.1, 0.15) is 19.3 Å². The molecule has 19 heteroatoms. The van der Waals surface area contributed by atoms with Crippen molar-refractivity contribution in [1.82, 2.24) is 0 Å². The lowest BCUT2D eigenvalue weighted by Crippen LogP contribution is -2.30. The standard InChI is InChI=1S/C85H166O17P2/c1-6-9-12-15-18-21-23-25-27-29-31-32-33-35-37-39-41-46-50-55-60-65-70-84(89)102-81(75-96-83(88)69-64-59-54-49-45-40-38-36-34-30-28-26-24-22-19-16-13-10-7-2)77-100-104(93,94)98-73-79(86)72-97-103(91,92)99-76-80(74-95-82(87)68-63-58-53-20-17-14-11-8-3)101-85(90)71-66-61-56-51-47-43-42-44-48-52-57-62-67-78(4)5/h78-81,86H,6-77H2,1-5H3,(H,91,92)(H,93,94)/t79-,80+,81+/m0/s1. The van der Waals surface area contributed by atoms with Gasteiger partial charge < -0.3 is 33.8 Å². The Balaban J connectivity index is 5.18. The van der Waals surface area contributed by atoms with Crippen LogP contribution in [0.4, 0.5) is 0 Å². The lowest BCUT2D eigenvalue weighted by Gasteiger charge is -2.21. The third-order valence-electron chi connectivity index (χ3n) is 20.0. The highest BCUT2D eigenvalue weighted by Gasteiger charge is 2.30. The molecule has 618 valence electrons. The fourth-order valence-corrected chi connectivity index (χ4v) is 14.9. The lowest BCUT2D eigenvalue weighted by atomic mass is 10.0. The van der Waals surface area contributed by atoms with Crippen molar-refractivity contribution < 1.29 is 80.2 Å². The molecule has 2 unspecified atom stereocenters. The zero-order chi connectivity index (χ0) is 76.2. The van der Waals surface area contributed by atoms with Gasteiger partial charge in [-0.2, -0.15) is 0 Å². The Morgan fingerprint density at radius 3 is 0.654 bits per heavy atom. The first-order valence-electron chi connectivity index (χ1n) is 44.1. The normalized spacial score (nSPS) is 13.8. The van der Waals surface area contributed by atoms with E-state index in [0.717, 1.165) is 102 Å². The van der Waals surface area contributed by atoms with Crippen LogP contribution in [-0.2, 0) is 65.4 Å². The topological polar surface area (TPSA) is 237 Å². The average Bonchev–Trinajstić information content (AvgIpc) is 0.909. The van der Waals surface area contributed by atoms with Crippen LogP contribution in [0, 0.1) is 5.92 Å². The van der Waals surface area contributed by atoms with Crippen LogP contribution < -0.4 is 0 Å². The molecule has 0 bridgehead atoms. The summed E-state index contributed by atoms with van der Waals surface area (Å²) in [7, 11) is -9.92. The van der Waals surface area contributed by atoms with E-state index in [1.807, 2.05) is 0 Å². The number of rotatable bonds is 85. The second-order valence-corrected chi connectivity index (χ2v) is 34.0. The van der Waals surface area contributed by atoms with Crippen LogP contribution in [0.2, 0.25) is 0 Å². The van der Waals surface area contributed by atoms with Crippen LogP contribution in [-0.4, -0.2) is 96.7 Å². The minimum atomic E-state index is -4.96. The van der Waals surface area contributed by atoms with E-state index in [9.17, 15) is 43.2 Å². The third-order valence-corrected chi connectivity index (χ3v) is 21.9. The highest BCUT2D eigenvalue weighted by Crippen LogP contribution is 2.45. The molecule has 0 aromatic rings. The number of hydrogen-bond donors (Lipinski definition) is 3. The third kappa shape index (κ3) is 78.2. The maximum atomic E-state index is 13.1. The van der Waals surface area contributed by atoms with Gasteiger partial charge in [-0.25, -0.2) is 9.13 Å². The van der Waals surface area contributed by atoms with E-state index in [1.54, 1.807) is 0 Å². The van der Waals surface area contributed by atoms with Gasteiger partial charge in [-0.15, -0.1) is 0 Å². The van der Waals surface area contributed by atoms with Gasteiger partial charge in [0.25, 0.3) is 0 Å². The Bertz CT molecular complexity index is 1980. The van der Waals surface area contributed by atoms with Crippen LogP contribution in [0.5, 0.6) is 0 Å². The number of ether oxygens (including phenoxy) is 4. The fraction of sp³-hybridized carbons (Fsp3) is 0.953. The van der Waals surface area contributed by atoms with Gasteiger partial charge in [0, 0.05) is 25.7 Å². The number of esters is 4. The highest BCUT2D eigenvalue weighted by molar-refractivity contribution is 7.47. The summed E-state index contributed by atoms with van der Waals surface area (Å²) in [6.07, 6.45) is 71.0. The molecule has 0 aromatic heterocycles. The van der Waals surface area contributed by atoms with Gasteiger partial charge in [0.05, 0.1) is 26.4 Å². The van der Waals surface area contributed by atoms with Crippen molar-refractivity contribution in [3.8, 4) is 0 Å². The molecule has 0 aliphatic carbocycles. The molecule has 0 saturated heterocycles. The van der Waals surface area contributed by atoms with Gasteiger partial charge in [-0.05, 0) is 31.6 Å². The molecule has 0 heterocycles. The molecule has 0 amide bonds. The van der Waals surface area contributed by atoms with Crippen LogP contribution in [0.3, 0.4) is 0 Å². The predicted molar refractivity (Wildman–Crippen MR) is 428 cm³/mol. The summed E-state index contributed by atoms with van der Waals surface area (Å²) < 4.78 is 68.8. The molecule has 0 aliphatic heterocycles. The summed E-state index contributed by atoms with van der Waals surface area (Å²) in [4.78, 5) is 73.1. The van der Waals surface area contributed by atoms with Crippen molar-refractivity contribution in [2.45, 2.75) is 477 Å². The molecule has 0 fully saturated rings. The molecule has 17 nitrogen and oxygen atoms in total. The summed E-state index contributed by atoms with van der Waals surface area (Å²) in [5.74, 6) is -1.33. The molecule has 0 radical (unpaired) electrons. The van der Waals surface area contributed by atoms with Crippen LogP contribution in [0.1, 0.15) is 458 Å². The number of carbonyl (C=O) groups is 4. The number of carbonyl (C=O) groups excluding carboxylic acids is 4. The zero-order valence-electron chi connectivity index (χ0n) is 68.2. The quantitative estimate of drug-likeness (QED) is 0.0222. The van der Waals surface area contributed by atoms with Crippen LogP contribution in [0.15, 0.2) is 0 Å². The SMILES string of the molecule is CCCCCCCCCCCCCCCCCCCCCCCCC(=O)O[C@H](COC(=O)CCCCCCCCCCCCCCCCCCCCC)COP(=O)(O)OC[C@@H](O)COP(=O)(O)OC[C@@H](COC(=O)CCCCCCCCCC)OC(=O)CCCCCCCCCCCCCCC(C)C. The van der Waals surface area contributed by atoms with Crippen molar-refractivity contribution in [2.24, 2.45) is 5.92 Å². The highest BCUT2D eigenvalue weighted by atomic mass is 31.2. The van der Waals surface area contributed by atoms with Crippen molar-refractivity contribution in [2.75, 3.05) is 39.6 Å². The number of phosphoric ester groups is 2. The predicted octanol–water partition coefficient (Wildman–Crippen LogP) is 26.0. The molecule has 0 saturated carbocycles. The average molecular weight is 1520 g/mol. The van der Waals surface area contributed by atoms with Gasteiger partial charge in [-0.3, -0.25) is 37.3 Å². The molecule has 3 N–H and O–H groups in total. The summed E-state index contributed by atoms with van der Waals surface area (Å²) in [6, 6.07) is 0. The van der Waals surface area contributed by atoms with E-state index < -0.39 is 97.5 Å². The summed E-state index contributed by atoms with van der Waals surface area (Å²) >= 11 is 0. The van der Waals surface area contributed by atoms with Crippen molar-refractivity contribution >= 4 is 39.5 Å². The number of unbranched alkanes of at least 4 members (excludes halogenated alkanes) is 57. The second-order valence-electron chi connectivity index (χ2n) is 31.1.